The van der Waals surface area contributed by atoms with Crippen LogP contribution in [0.4, 0.5) is 0 Å². The van der Waals surface area contributed by atoms with E-state index in [0.717, 1.165) is 11.3 Å². The molecule has 2 nitrogen and oxygen atoms in total. The Balaban J connectivity index is 2.28. The average Bonchev–Trinajstić information content (AvgIpc) is 2.35. The topological polar surface area (TPSA) is 38.9 Å². The van der Waals surface area contributed by atoms with E-state index in [2.05, 4.69) is 31.0 Å². The Kier molecular flexibility index (Phi) is 4.02. The van der Waals surface area contributed by atoms with Crippen LogP contribution < -0.4 is 5.73 Å². The van der Waals surface area contributed by atoms with Crippen LogP contribution in [-0.4, -0.2) is 16.0 Å². The third kappa shape index (κ3) is 2.99. The van der Waals surface area contributed by atoms with Crippen molar-refractivity contribution in [3.8, 4) is 0 Å². The molecule has 1 aromatic heterocycles. The molecule has 2 aromatic rings. The lowest BCUT2D eigenvalue weighted by Crippen LogP contribution is -2.14. The molecule has 1 heterocycles. The first kappa shape index (κ1) is 12.4. The molecule has 0 bridgehead atoms. The summed E-state index contributed by atoms with van der Waals surface area (Å²) >= 11 is 1.90. The van der Waals surface area contributed by atoms with Gasteiger partial charge in [0.1, 0.15) is 0 Å². The van der Waals surface area contributed by atoms with E-state index >= 15 is 0 Å². The van der Waals surface area contributed by atoms with Gasteiger partial charge in [0, 0.05) is 23.4 Å². The molecule has 0 radical (unpaired) electrons. The van der Waals surface area contributed by atoms with Gasteiger partial charge in [-0.1, -0.05) is 32.0 Å². The van der Waals surface area contributed by atoms with Crippen molar-refractivity contribution >= 4 is 22.7 Å². The van der Waals surface area contributed by atoms with Crippen molar-refractivity contribution in [2.75, 3.05) is 5.75 Å². The van der Waals surface area contributed by atoms with Crippen LogP contribution in [0, 0.1) is 0 Å². The van der Waals surface area contributed by atoms with Crippen LogP contribution in [0.2, 0.25) is 0 Å². The zero-order valence-electron chi connectivity index (χ0n) is 10.3. The van der Waals surface area contributed by atoms with E-state index in [1.165, 1.54) is 10.9 Å². The number of nitrogens with two attached hydrogens (primary N) is 1. The highest BCUT2D eigenvalue weighted by Crippen LogP contribution is 2.25. The van der Waals surface area contributed by atoms with Crippen molar-refractivity contribution in [1.82, 2.24) is 4.98 Å². The standard InChI is InChI=1S/C14H18N2S/c1-10(2)17-9-13(15)11-5-3-7-14-12(11)6-4-8-16-14/h3-8,10,13H,9,15H2,1-2H3. The smallest absolute Gasteiger partial charge is 0.0705 e. The number of nitrogens with zero attached hydrogens (tertiary/aromatic N) is 1. The summed E-state index contributed by atoms with van der Waals surface area (Å²) < 4.78 is 0. The summed E-state index contributed by atoms with van der Waals surface area (Å²) in [4.78, 5) is 4.36. The monoisotopic (exact) mass is 246 g/mol. The minimum absolute atomic E-state index is 0.0790. The Hall–Kier alpha value is -1.06. The van der Waals surface area contributed by atoms with Crippen LogP contribution in [0.3, 0.4) is 0 Å². The summed E-state index contributed by atoms with van der Waals surface area (Å²) in [6.07, 6.45) is 1.82. The zero-order valence-corrected chi connectivity index (χ0v) is 11.1. The molecule has 1 atom stereocenters. The van der Waals surface area contributed by atoms with Gasteiger partial charge in [0.05, 0.1) is 5.52 Å². The van der Waals surface area contributed by atoms with Gasteiger partial charge < -0.3 is 5.73 Å². The second-order valence-electron chi connectivity index (χ2n) is 4.41. The SMILES string of the molecule is CC(C)SCC(N)c1cccc2ncccc12. The van der Waals surface area contributed by atoms with Crippen molar-refractivity contribution in [2.24, 2.45) is 5.73 Å². The lowest BCUT2D eigenvalue weighted by molar-refractivity contribution is 0.836. The van der Waals surface area contributed by atoms with Crippen LogP contribution in [0.1, 0.15) is 25.5 Å². The summed E-state index contributed by atoms with van der Waals surface area (Å²) in [5, 5.41) is 1.79. The molecule has 1 unspecified atom stereocenters. The number of aromatic nitrogens is 1. The largest absolute Gasteiger partial charge is 0.323 e. The van der Waals surface area contributed by atoms with E-state index < -0.39 is 0 Å². The predicted molar refractivity (Wildman–Crippen MR) is 76.3 cm³/mol. The van der Waals surface area contributed by atoms with Crippen molar-refractivity contribution < 1.29 is 0 Å². The van der Waals surface area contributed by atoms with Gasteiger partial charge in [0.25, 0.3) is 0 Å². The number of benzene rings is 1. The summed E-state index contributed by atoms with van der Waals surface area (Å²) in [5.74, 6) is 0.950. The third-order valence-electron chi connectivity index (χ3n) is 2.69. The molecule has 0 aliphatic rings. The lowest BCUT2D eigenvalue weighted by Gasteiger charge is -2.15. The fourth-order valence-electron chi connectivity index (χ4n) is 1.84. The molecular weight excluding hydrogens is 228 g/mol. The molecule has 0 saturated carbocycles. The zero-order chi connectivity index (χ0) is 12.3. The van der Waals surface area contributed by atoms with Crippen LogP contribution in [0.15, 0.2) is 36.5 Å². The number of thioether (sulfide) groups is 1. The van der Waals surface area contributed by atoms with E-state index in [1.807, 2.05) is 36.2 Å². The number of hydrogen-bond acceptors (Lipinski definition) is 3. The number of rotatable bonds is 4. The Morgan fingerprint density at radius 1 is 1.24 bits per heavy atom. The molecule has 0 aliphatic heterocycles. The highest BCUT2D eigenvalue weighted by molar-refractivity contribution is 7.99. The lowest BCUT2D eigenvalue weighted by atomic mass is 10.0. The first-order chi connectivity index (χ1) is 8.18. The highest BCUT2D eigenvalue weighted by Gasteiger charge is 2.10. The molecule has 2 N–H and O–H groups in total. The molecule has 0 saturated heterocycles. The fraction of sp³-hybridized carbons (Fsp3) is 0.357. The Morgan fingerprint density at radius 3 is 2.82 bits per heavy atom. The van der Waals surface area contributed by atoms with Gasteiger partial charge in [-0.05, 0) is 22.9 Å². The molecule has 17 heavy (non-hydrogen) atoms. The molecule has 3 heteroatoms. The van der Waals surface area contributed by atoms with Gasteiger partial charge in [-0.3, -0.25) is 4.98 Å². The molecule has 0 spiro atoms. The van der Waals surface area contributed by atoms with E-state index in [9.17, 15) is 0 Å². The Bertz CT molecular complexity index is 491. The van der Waals surface area contributed by atoms with Gasteiger partial charge in [-0.25, -0.2) is 0 Å². The van der Waals surface area contributed by atoms with E-state index in [-0.39, 0.29) is 6.04 Å². The molecular formula is C14H18N2S. The van der Waals surface area contributed by atoms with Crippen LogP contribution in [-0.2, 0) is 0 Å². The van der Waals surface area contributed by atoms with Crippen molar-refractivity contribution in [3.05, 3.63) is 42.1 Å². The quantitative estimate of drug-likeness (QED) is 0.899. The van der Waals surface area contributed by atoms with Gasteiger partial charge in [-0.15, -0.1) is 0 Å². The van der Waals surface area contributed by atoms with Crippen LogP contribution in [0.5, 0.6) is 0 Å². The molecule has 1 aromatic carbocycles. The first-order valence-corrected chi connectivity index (χ1v) is 6.94. The maximum absolute atomic E-state index is 6.26. The van der Waals surface area contributed by atoms with Crippen molar-refractivity contribution in [2.45, 2.75) is 25.1 Å². The normalized spacial score (nSPS) is 13.2. The average molecular weight is 246 g/mol. The Morgan fingerprint density at radius 2 is 2.06 bits per heavy atom. The number of pyridine rings is 1. The van der Waals surface area contributed by atoms with E-state index in [1.54, 1.807) is 0 Å². The second kappa shape index (κ2) is 5.52. The Labute approximate surface area is 107 Å². The van der Waals surface area contributed by atoms with Crippen LogP contribution >= 0.6 is 11.8 Å². The predicted octanol–water partition coefficient (Wildman–Crippen LogP) is 3.38. The second-order valence-corrected chi connectivity index (χ2v) is 6.02. The molecule has 2 rings (SSSR count). The van der Waals surface area contributed by atoms with E-state index in [4.69, 9.17) is 5.73 Å². The fourth-order valence-corrected chi connectivity index (χ4v) is 2.61. The van der Waals surface area contributed by atoms with Crippen molar-refractivity contribution in [3.63, 3.8) is 0 Å². The minimum Gasteiger partial charge on any atom is -0.323 e. The number of hydrogen-bond donors (Lipinski definition) is 1. The third-order valence-corrected chi connectivity index (χ3v) is 3.91. The first-order valence-electron chi connectivity index (χ1n) is 5.89. The summed E-state index contributed by atoms with van der Waals surface area (Å²) in [6.45, 7) is 4.39. The van der Waals surface area contributed by atoms with E-state index in [0.29, 0.717) is 5.25 Å². The summed E-state index contributed by atoms with van der Waals surface area (Å²) in [6, 6.07) is 10.3. The molecule has 0 amide bonds. The van der Waals surface area contributed by atoms with Gasteiger partial charge in [0.2, 0.25) is 0 Å². The molecule has 90 valence electrons. The van der Waals surface area contributed by atoms with Crippen molar-refractivity contribution in [1.29, 1.82) is 0 Å². The molecule has 0 fully saturated rings. The molecule has 0 aliphatic carbocycles. The van der Waals surface area contributed by atoms with Gasteiger partial charge >= 0.3 is 0 Å². The maximum atomic E-state index is 6.26. The minimum atomic E-state index is 0.0790. The number of fused-ring (bicyclic) bond motifs is 1. The summed E-state index contributed by atoms with van der Waals surface area (Å²) in [5.41, 5.74) is 8.48. The maximum Gasteiger partial charge on any atom is 0.0705 e. The van der Waals surface area contributed by atoms with Crippen LogP contribution in [0.25, 0.3) is 10.9 Å². The van der Waals surface area contributed by atoms with Gasteiger partial charge in [0.15, 0.2) is 0 Å². The summed E-state index contributed by atoms with van der Waals surface area (Å²) in [7, 11) is 0. The van der Waals surface area contributed by atoms with Gasteiger partial charge in [-0.2, -0.15) is 11.8 Å². The highest BCUT2D eigenvalue weighted by atomic mass is 32.2.